The molecule has 0 saturated heterocycles. The van der Waals surface area contributed by atoms with E-state index in [1.165, 1.54) is 12.1 Å². The molecule has 4 nitrogen and oxygen atoms in total. The maximum Gasteiger partial charge on any atom is 0.268 e. The molecule has 108 valence electrons. The first-order chi connectivity index (χ1) is 10.0. The topological polar surface area (TPSA) is 55.6 Å². The van der Waals surface area contributed by atoms with Crippen LogP contribution < -0.4 is 15.4 Å². The third-order valence-corrected chi connectivity index (χ3v) is 3.45. The van der Waals surface area contributed by atoms with Gasteiger partial charge in [0.25, 0.3) is 5.91 Å². The average Bonchev–Trinajstić information content (AvgIpc) is 2.47. The van der Waals surface area contributed by atoms with E-state index in [4.69, 9.17) is 10.5 Å². The number of anilines is 2. The minimum absolute atomic E-state index is 0.141. The van der Waals surface area contributed by atoms with Gasteiger partial charge in [0, 0.05) is 5.69 Å². The minimum atomic E-state index is -0.554. The van der Waals surface area contributed by atoms with Gasteiger partial charge >= 0.3 is 0 Å². The maximum absolute atomic E-state index is 13.0. The van der Waals surface area contributed by atoms with Crippen molar-refractivity contribution < 1.29 is 13.9 Å². The van der Waals surface area contributed by atoms with Crippen LogP contribution in [-0.2, 0) is 11.3 Å². The molecule has 1 atom stereocenters. The second-order valence-corrected chi connectivity index (χ2v) is 5.04. The van der Waals surface area contributed by atoms with Gasteiger partial charge in [0.1, 0.15) is 11.6 Å². The number of carbonyl (C=O) groups excluding carboxylic acids is 1. The van der Waals surface area contributed by atoms with Crippen molar-refractivity contribution in [2.45, 2.75) is 19.6 Å². The lowest BCUT2D eigenvalue weighted by Crippen LogP contribution is -2.44. The molecule has 0 bridgehead atoms. The quantitative estimate of drug-likeness (QED) is 0.864. The number of amides is 1. The van der Waals surface area contributed by atoms with E-state index in [2.05, 4.69) is 0 Å². The van der Waals surface area contributed by atoms with Crippen molar-refractivity contribution >= 4 is 17.3 Å². The van der Waals surface area contributed by atoms with Gasteiger partial charge in [-0.3, -0.25) is 4.79 Å². The molecule has 0 spiro atoms. The van der Waals surface area contributed by atoms with Crippen LogP contribution in [0, 0.1) is 5.82 Å². The van der Waals surface area contributed by atoms with Crippen molar-refractivity contribution in [3.63, 3.8) is 0 Å². The zero-order valence-corrected chi connectivity index (χ0v) is 11.5. The smallest absolute Gasteiger partial charge is 0.268 e. The molecule has 1 aliphatic rings. The van der Waals surface area contributed by atoms with Crippen LogP contribution in [0.4, 0.5) is 15.8 Å². The first-order valence-electron chi connectivity index (χ1n) is 6.66. The molecule has 1 aliphatic heterocycles. The molecule has 1 amide bonds. The predicted octanol–water partition coefficient (Wildman–Crippen LogP) is 2.72. The molecule has 2 aromatic carbocycles. The van der Waals surface area contributed by atoms with E-state index < -0.39 is 6.10 Å². The van der Waals surface area contributed by atoms with E-state index in [0.717, 1.165) is 5.56 Å². The number of benzene rings is 2. The molecule has 0 unspecified atom stereocenters. The summed E-state index contributed by atoms with van der Waals surface area (Å²) in [6, 6.07) is 11.3. The van der Waals surface area contributed by atoms with Crippen molar-refractivity contribution in [2.24, 2.45) is 0 Å². The second-order valence-electron chi connectivity index (χ2n) is 5.04. The number of nitrogens with zero attached hydrogens (tertiary/aromatic N) is 1. The number of hydrogen-bond acceptors (Lipinski definition) is 3. The summed E-state index contributed by atoms with van der Waals surface area (Å²) in [6.07, 6.45) is -0.554. The molecular weight excluding hydrogens is 271 g/mol. The molecule has 2 aromatic rings. The fourth-order valence-electron chi connectivity index (χ4n) is 2.36. The van der Waals surface area contributed by atoms with Gasteiger partial charge in [-0.2, -0.15) is 0 Å². The number of rotatable bonds is 2. The van der Waals surface area contributed by atoms with Crippen LogP contribution in [0.2, 0.25) is 0 Å². The molecule has 0 aliphatic carbocycles. The first-order valence-corrected chi connectivity index (χ1v) is 6.66. The van der Waals surface area contributed by atoms with E-state index in [0.29, 0.717) is 23.7 Å². The molecule has 3 rings (SSSR count). The summed E-state index contributed by atoms with van der Waals surface area (Å²) in [5.74, 6) is 0.181. The summed E-state index contributed by atoms with van der Waals surface area (Å²) in [5, 5.41) is 0. The fourth-order valence-corrected chi connectivity index (χ4v) is 2.36. The Hall–Kier alpha value is -2.56. The largest absolute Gasteiger partial charge is 0.479 e. The van der Waals surface area contributed by atoms with Crippen LogP contribution in [-0.4, -0.2) is 12.0 Å². The highest BCUT2D eigenvalue weighted by Crippen LogP contribution is 2.36. The lowest BCUT2D eigenvalue weighted by molar-refractivity contribution is -0.125. The number of ether oxygens (including phenoxy) is 1. The van der Waals surface area contributed by atoms with E-state index in [9.17, 15) is 9.18 Å². The van der Waals surface area contributed by atoms with Gasteiger partial charge in [-0.05, 0) is 42.8 Å². The van der Waals surface area contributed by atoms with Gasteiger partial charge < -0.3 is 15.4 Å². The van der Waals surface area contributed by atoms with E-state index in [1.807, 2.05) is 0 Å². The maximum atomic E-state index is 13.0. The lowest BCUT2D eigenvalue weighted by atomic mass is 10.1. The summed E-state index contributed by atoms with van der Waals surface area (Å²) in [6.45, 7) is 2.06. The first kappa shape index (κ1) is 13.4. The van der Waals surface area contributed by atoms with E-state index in [-0.39, 0.29) is 11.7 Å². The molecule has 0 aromatic heterocycles. The third kappa shape index (κ3) is 2.54. The number of nitrogen functional groups attached to an aromatic ring is 1. The van der Waals surface area contributed by atoms with E-state index in [1.54, 1.807) is 42.2 Å². The number of hydrogen-bond donors (Lipinski definition) is 1. The molecule has 0 saturated carbocycles. The van der Waals surface area contributed by atoms with Crippen LogP contribution in [0.5, 0.6) is 5.75 Å². The number of halogens is 1. The Labute approximate surface area is 121 Å². The Morgan fingerprint density at radius 2 is 1.95 bits per heavy atom. The van der Waals surface area contributed by atoms with Gasteiger partial charge in [0.05, 0.1) is 12.2 Å². The summed E-state index contributed by atoms with van der Waals surface area (Å²) in [4.78, 5) is 14.0. The van der Waals surface area contributed by atoms with Crippen molar-refractivity contribution in [2.75, 3.05) is 10.6 Å². The minimum Gasteiger partial charge on any atom is -0.479 e. The van der Waals surface area contributed by atoms with Gasteiger partial charge in [0.15, 0.2) is 6.10 Å². The average molecular weight is 286 g/mol. The molecule has 1 heterocycles. The standard InChI is InChI=1S/C16H15FN2O2/c1-10-16(20)19(9-11-2-4-12(17)5-3-11)14-8-13(18)6-7-15(14)21-10/h2-8,10H,9,18H2,1H3/t10-/m1/s1. The van der Waals surface area contributed by atoms with Gasteiger partial charge in [-0.15, -0.1) is 0 Å². The summed E-state index contributed by atoms with van der Waals surface area (Å²) in [7, 11) is 0. The Morgan fingerprint density at radius 3 is 2.67 bits per heavy atom. The van der Waals surface area contributed by atoms with Crippen molar-refractivity contribution in [3.05, 3.63) is 53.8 Å². The monoisotopic (exact) mass is 286 g/mol. The van der Waals surface area contributed by atoms with Gasteiger partial charge in [-0.1, -0.05) is 12.1 Å². The highest BCUT2D eigenvalue weighted by Gasteiger charge is 2.31. The van der Waals surface area contributed by atoms with Crippen molar-refractivity contribution in [1.29, 1.82) is 0 Å². The molecule has 2 N–H and O–H groups in total. The van der Waals surface area contributed by atoms with Crippen LogP contribution in [0.25, 0.3) is 0 Å². The number of carbonyl (C=O) groups is 1. The van der Waals surface area contributed by atoms with Crippen LogP contribution in [0.3, 0.4) is 0 Å². The molecule has 5 heteroatoms. The van der Waals surface area contributed by atoms with Crippen molar-refractivity contribution in [1.82, 2.24) is 0 Å². The highest BCUT2D eigenvalue weighted by molar-refractivity contribution is 6.00. The number of fused-ring (bicyclic) bond motifs is 1. The molecule has 0 fully saturated rings. The zero-order valence-electron chi connectivity index (χ0n) is 11.5. The second kappa shape index (κ2) is 5.09. The highest BCUT2D eigenvalue weighted by atomic mass is 19.1. The SMILES string of the molecule is C[C@H]1Oc2ccc(N)cc2N(Cc2ccc(F)cc2)C1=O. The van der Waals surface area contributed by atoms with Crippen LogP contribution in [0.1, 0.15) is 12.5 Å². The summed E-state index contributed by atoms with van der Waals surface area (Å²) < 4.78 is 18.6. The summed E-state index contributed by atoms with van der Waals surface area (Å²) >= 11 is 0. The predicted molar refractivity (Wildman–Crippen MR) is 78.5 cm³/mol. The zero-order chi connectivity index (χ0) is 15.0. The Kier molecular flexibility index (Phi) is 3.25. The fraction of sp³-hybridized carbons (Fsp3) is 0.188. The van der Waals surface area contributed by atoms with Crippen LogP contribution >= 0.6 is 0 Å². The molecule has 21 heavy (non-hydrogen) atoms. The van der Waals surface area contributed by atoms with Crippen molar-refractivity contribution in [3.8, 4) is 5.75 Å². The van der Waals surface area contributed by atoms with Crippen LogP contribution in [0.15, 0.2) is 42.5 Å². The Balaban J connectivity index is 1.98. The summed E-state index contributed by atoms with van der Waals surface area (Å²) in [5.41, 5.74) is 7.83. The lowest BCUT2D eigenvalue weighted by Gasteiger charge is -2.33. The molecular formula is C16H15FN2O2. The number of nitrogens with two attached hydrogens (primary N) is 1. The Bertz CT molecular complexity index is 685. The Morgan fingerprint density at radius 1 is 1.24 bits per heavy atom. The van der Waals surface area contributed by atoms with Gasteiger partial charge in [0.2, 0.25) is 0 Å². The van der Waals surface area contributed by atoms with E-state index >= 15 is 0 Å². The normalized spacial score (nSPS) is 17.3. The van der Waals surface area contributed by atoms with Gasteiger partial charge in [-0.25, -0.2) is 4.39 Å². The third-order valence-electron chi connectivity index (χ3n) is 3.45. The molecule has 0 radical (unpaired) electrons.